The Bertz CT molecular complexity index is 911. The SMILES string of the molecule is Cc1cc(CNC(=O)c2ccnc(CC(=O)C3CC3)n2)ccc1OCC(F)(F)F. The molecule has 0 spiro atoms. The molecular weight excluding hydrogens is 387 g/mol. The van der Waals surface area contributed by atoms with E-state index in [1.165, 1.54) is 18.3 Å². The highest BCUT2D eigenvalue weighted by atomic mass is 19.4. The highest BCUT2D eigenvalue weighted by Crippen LogP contribution is 2.30. The molecule has 0 saturated heterocycles. The average Bonchev–Trinajstić information content (AvgIpc) is 3.50. The number of halogens is 3. The molecule has 0 atom stereocenters. The minimum absolute atomic E-state index is 0.0888. The smallest absolute Gasteiger partial charge is 0.422 e. The van der Waals surface area contributed by atoms with Gasteiger partial charge in [-0.1, -0.05) is 12.1 Å². The van der Waals surface area contributed by atoms with Crippen LogP contribution in [0.25, 0.3) is 0 Å². The van der Waals surface area contributed by atoms with Crippen molar-refractivity contribution in [2.45, 2.75) is 38.9 Å². The van der Waals surface area contributed by atoms with Crippen molar-refractivity contribution in [3.63, 3.8) is 0 Å². The summed E-state index contributed by atoms with van der Waals surface area (Å²) in [5.74, 6) is 0.213. The number of hydrogen-bond donors (Lipinski definition) is 1. The van der Waals surface area contributed by atoms with Crippen LogP contribution in [0.2, 0.25) is 0 Å². The van der Waals surface area contributed by atoms with E-state index in [0.717, 1.165) is 12.8 Å². The largest absolute Gasteiger partial charge is 0.484 e. The highest BCUT2D eigenvalue weighted by Gasteiger charge is 2.30. The lowest BCUT2D eigenvalue weighted by Crippen LogP contribution is -2.24. The number of carbonyl (C=O) groups is 2. The van der Waals surface area contributed by atoms with Crippen molar-refractivity contribution in [3.05, 3.63) is 53.1 Å². The molecule has 0 bridgehead atoms. The van der Waals surface area contributed by atoms with E-state index in [0.29, 0.717) is 17.0 Å². The van der Waals surface area contributed by atoms with Crippen LogP contribution in [0.5, 0.6) is 5.75 Å². The van der Waals surface area contributed by atoms with E-state index in [-0.39, 0.29) is 36.1 Å². The predicted molar refractivity (Wildman–Crippen MR) is 97.4 cm³/mol. The van der Waals surface area contributed by atoms with Crippen LogP contribution in [0.3, 0.4) is 0 Å². The number of aryl methyl sites for hydroxylation is 1. The van der Waals surface area contributed by atoms with E-state index in [1.54, 1.807) is 19.1 Å². The summed E-state index contributed by atoms with van der Waals surface area (Å²) in [6.45, 7) is 0.438. The summed E-state index contributed by atoms with van der Waals surface area (Å²) in [6, 6.07) is 6.12. The fourth-order valence-electron chi connectivity index (χ4n) is 2.73. The summed E-state index contributed by atoms with van der Waals surface area (Å²) in [7, 11) is 0. The summed E-state index contributed by atoms with van der Waals surface area (Å²) in [5.41, 5.74) is 1.39. The Morgan fingerprint density at radius 1 is 1.24 bits per heavy atom. The van der Waals surface area contributed by atoms with Gasteiger partial charge in [0.05, 0.1) is 6.42 Å². The van der Waals surface area contributed by atoms with Crippen LogP contribution in [0.1, 0.15) is 40.3 Å². The van der Waals surface area contributed by atoms with Crippen molar-refractivity contribution < 1.29 is 27.5 Å². The first-order valence-corrected chi connectivity index (χ1v) is 9.13. The number of ether oxygens (including phenoxy) is 1. The fraction of sp³-hybridized carbons (Fsp3) is 0.400. The summed E-state index contributed by atoms with van der Waals surface area (Å²) < 4.78 is 41.5. The van der Waals surface area contributed by atoms with Gasteiger partial charge in [0, 0.05) is 18.7 Å². The fourth-order valence-corrected chi connectivity index (χ4v) is 2.73. The second kappa shape index (κ2) is 8.59. The minimum Gasteiger partial charge on any atom is -0.484 e. The number of Topliss-reactive ketones (excluding diaryl/α,β-unsaturated/α-hetero) is 1. The van der Waals surface area contributed by atoms with Crippen molar-refractivity contribution in [2.75, 3.05) is 6.61 Å². The van der Waals surface area contributed by atoms with Crippen molar-refractivity contribution >= 4 is 11.7 Å². The highest BCUT2D eigenvalue weighted by molar-refractivity contribution is 5.92. The molecular formula is C20H20F3N3O3. The first-order chi connectivity index (χ1) is 13.7. The van der Waals surface area contributed by atoms with Gasteiger partial charge in [0.1, 0.15) is 23.1 Å². The van der Waals surface area contributed by atoms with Gasteiger partial charge in [0.15, 0.2) is 6.61 Å². The van der Waals surface area contributed by atoms with Gasteiger partial charge < -0.3 is 10.1 Å². The minimum atomic E-state index is -4.40. The maximum Gasteiger partial charge on any atom is 0.422 e. The third-order valence-corrected chi connectivity index (χ3v) is 4.39. The normalized spacial score (nSPS) is 13.8. The zero-order valence-corrected chi connectivity index (χ0v) is 15.8. The van der Waals surface area contributed by atoms with Crippen LogP contribution in [0.15, 0.2) is 30.5 Å². The Morgan fingerprint density at radius 2 is 2.00 bits per heavy atom. The Balaban J connectivity index is 1.56. The molecule has 1 heterocycles. The number of ketones is 1. The zero-order valence-electron chi connectivity index (χ0n) is 15.8. The number of alkyl halides is 3. The van der Waals surface area contributed by atoms with Crippen LogP contribution in [-0.4, -0.2) is 34.4 Å². The van der Waals surface area contributed by atoms with Gasteiger partial charge in [-0.3, -0.25) is 9.59 Å². The molecule has 2 aromatic rings. The number of amides is 1. The van der Waals surface area contributed by atoms with Gasteiger partial charge in [-0.05, 0) is 43.0 Å². The second-order valence-electron chi connectivity index (χ2n) is 6.96. The Hall–Kier alpha value is -2.97. The van der Waals surface area contributed by atoms with E-state index in [2.05, 4.69) is 15.3 Å². The molecule has 9 heteroatoms. The zero-order chi connectivity index (χ0) is 21.0. The molecule has 0 radical (unpaired) electrons. The molecule has 1 aliphatic carbocycles. The van der Waals surface area contributed by atoms with Gasteiger partial charge in [-0.15, -0.1) is 0 Å². The number of rotatable bonds is 8. The second-order valence-corrected chi connectivity index (χ2v) is 6.96. The Kier molecular flexibility index (Phi) is 6.14. The molecule has 1 N–H and O–H groups in total. The average molecular weight is 407 g/mol. The van der Waals surface area contributed by atoms with Crippen LogP contribution < -0.4 is 10.1 Å². The third-order valence-electron chi connectivity index (χ3n) is 4.39. The van der Waals surface area contributed by atoms with Crippen LogP contribution in [0.4, 0.5) is 13.2 Å². The summed E-state index contributed by atoms with van der Waals surface area (Å²) in [4.78, 5) is 32.4. The maximum absolute atomic E-state index is 12.3. The van der Waals surface area contributed by atoms with Crippen LogP contribution in [-0.2, 0) is 17.8 Å². The van der Waals surface area contributed by atoms with Gasteiger partial charge >= 0.3 is 6.18 Å². The van der Waals surface area contributed by atoms with Gasteiger partial charge in [0.25, 0.3) is 5.91 Å². The molecule has 154 valence electrons. The van der Waals surface area contributed by atoms with E-state index >= 15 is 0 Å². The number of benzene rings is 1. The summed E-state index contributed by atoms with van der Waals surface area (Å²) in [5, 5.41) is 2.70. The third kappa shape index (κ3) is 6.27. The maximum atomic E-state index is 12.3. The molecule has 1 amide bonds. The van der Waals surface area contributed by atoms with E-state index in [4.69, 9.17) is 4.74 Å². The first kappa shape index (κ1) is 20.8. The topological polar surface area (TPSA) is 81.2 Å². The van der Waals surface area contributed by atoms with Gasteiger partial charge in [-0.25, -0.2) is 9.97 Å². The number of nitrogens with one attached hydrogen (secondary N) is 1. The number of nitrogens with zero attached hydrogens (tertiary/aromatic N) is 2. The summed E-state index contributed by atoms with van der Waals surface area (Å²) >= 11 is 0. The molecule has 1 saturated carbocycles. The lowest BCUT2D eigenvalue weighted by Gasteiger charge is -2.12. The monoisotopic (exact) mass is 407 g/mol. The van der Waals surface area contributed by atoms with Gasteiger partial charge in [0.2, 0.25) is 0 Å². The van der Waals surface area contributed by atoms with Crippen molar-refractivity contribution in [1.29, 1.82) is 0 Å². The van der Waals surface area contributed by atoms with Crippen molar-refractivity contribution in [1.82, 2.24) is 15.3 Å². The molecule has 1 aromatic carbocycles. The van der Waals surface area contributed by atoms with E-state index < -0.39 is 18.7 Å². The van der Waals surface area contributed by atoms with Crippen molar-refractivity contribution in [2.24, 2.45) is 5.92 Å². The van der Waals surface area contributed by atoms with Crippen LogP contribution >= 0.6 is 0 Å². The Labute approximate surface area is 165 Å². The number of carbonyl (C=O) groups excluding carboxylic acids is 2. The first-order valence-electron chi connectivity index (χ1n) is 9.13. The van der Waals surface area contributed by atoms with E-state index in [9.17, 15) is 22.8 Å². The molecule has 29 heavy (non-hydrogen) atoms. The molecule has 1 fully saturated rings. The van der Waals surface area contributed by atoms with Crippen molar-refractivity contribution in [3.8, 4) is 5.75 Å². The van der Waals surface area contributed by atoms with Crippen LogP contribution in [0, 0.1) is 12.8 Å². The summed E-state index contributed by atoms with van der Waals surface area (Å²) in [6.07, 6.45) is -1.05. The quantitative estimate of drug-likeness (QED) is 0.727. The van der Waals surface area contributed by atoms with E-state index in [1.807, 2.05) is 0 Å². The molecule has 0 aliphatic heterocycles. The van der Waals surface area contributed by atoms with Gasteiger partial charge in [-0.2, -0.15) is 13.2 Å². The number of hydrogen-bond acceptors (Lipinski definition) is 5. The lowest BCUT2D eigenvalue weighted by molar-refractivity contribution is -0.153. The molecule has 0 unspecified atom stereocenters. The molecule has 1 aromatic heterocycles. The molecule has 6 nitrogen and oxygen atoms in total. The standard InChI is InChI=1S/C20H20F3N3O3/c1-12-8-13(2-5-17(12)29-11-20(21,22)23)10-25-19(28)15-6-7-24-18(26-15)9-16(27)14-3-4-14/h2,5-8,14H,3-4,9-11H2,1H3,(H,25,28). The Morgan fingerprint density at radius 3 is 2.66 bits per heavy atom. The number of aromatic nitrogens is 2. The molecule has 3 rings (SSSR count). The lowest BCUT2D eigenvalue weighted by atomic mass is 10.1. The predicted octanol–water partition coefficient (Wildman–Crippen LogP) is 3.18. The molecule has 1 aliphatic rings.